The summed E-state index contributed by atoms with van der Waals surface area (Å²) in [5.74, 6) is 2.55. The number of carbonyl (C=O) groups is 1. The van der Waals surface area contributed by atoms with Gasteiger partial charge in [0.05, 0.1) is 7.11 Å². The van der Waals surface area contributed by atoms with Crippen LogP contribution >= 0.6 is 11.8 Å². The summed E-state index contributed by atoms with van der Waals surface area (Å²) in [5, 5.41) is 0. The average molecular weight is 307 g/mol. The van der Waals surface area contributed by atoms with Gasteiger partial charge in [0, 0.05) is 24.1 Å². The first-order chi connectivity index (χ1) is 10.1. The zero-order chi connectivity index (χ0) is 15.2. The van der Waals surface area contributed by atoms with Crippen LogP contribution in [-0.2, 0) is 15.3 Å². The van der Waals surface area contributed by atoms with Crippen LogP contribution in [0.25, 0.3) is 0 Å². The van der Waals surface area contributed by atoms with Gasteiger partial charge >= 0.3 is 5.97 Å². The molecule has 2 unspecified atom stereocenters. The largest absolute Gasteiger partial charge is 0.468 e. The summed E-state index contributed by atoms with van der Waals surface area (Å²) in [6.07, 6.45) is 0.881. The molecular formula is C17H25NO2S. The highest BCUT2D eigenvalue weighted by molar-refractivity contribution is 7.98. The summed E-state index contributed by atoms with van der Waals surface area (Å²) in [4.78, 5) is 14.2. The Hall–Kier alpha value is -1.00. The Morgan fingerprint density at radius 1 is 1.38 bits per heavy atom. The zero-order valence-electron chi connectivity index (χ0n) is 13.1. The van der Waals surface area contributed by atoms with Crippen LogP contribution in [0, 0.1) is 5.92 Å². The molecule has 0 amide bonds. The van der Waals surface area contributed by atoms with Crippen LogP contribution < -0.4 is 0 Å². The number of hydrogen-bond acceptors (Lipinski definition) is 4. The van der Waals surface area contributed by atoms with Gasteiger partial charge in [0.2, 0.25) is 0 Å². The fourth-order valence-electron chi connectivity index (χ4n) is 2.56. The summed E-state index contributed by atoms with van der Waals surface area (Å²) in [6.45, 7) is 5.32. The number of carbonyl (C=O) groups excluding carboxylic acids is 1. The Labute approximate surface area is 132 Å². The van der Waals surface area contributed by atoms with Crippen molar-refractivity contribution in [3.8, 4) is 0 Å². The lowest BCUT2D eigenvalue weighted by atomic mass is 10.0. The molecule has 0 saturated carbocycles. The fourth-order valence-corrected chi connectivity index (χ4v) is 3.68. The van der Waals surface area contributed by atoms with Crippen molar-refractivity contribution >= 4 is 17.7 Å². The lowest BCUT2D eigenvalue weighted by Crippen LogP contribution is -2.33. The minimum Gasteiger partial charge on any atom is -0.468 e. The molecule has 0 radical (unpaired) electrons. The molecule has 0 spiro atoms. The maximum Gasteiger partial charge on any atom is 0.323 e. The van der Waals surface area contributed by atoms with Crippen molar-refractivity contribution in [2.45, 2.75) is 38.1 Å². The molecule has 1 aliphatic rings. The molecule has 21 heavy (non-hydrogen) atoms. The molecule has 0 N–H and O–H groups in total. The molecule has 1 aromatic rings. The third-order valence-corrected chi connectivity index (χ3v) is 4.90. The van der Waals surface area contributed by atoms with E-state index < -0.39 is 0 Å². The molecule has 0 bridgehead atoms. The summed E-state index contributed by atoms with van der Waals surface area (Å²) in [6, 6.07) is 11.0. The van der Waals surface area contributed by atoms with Crippen LogP contribution in [0.2, 0.25) is 0 Å². The fraction of sp³-hybridized carbons (Fsp3) is 0.588. The predicted molar refractivity (Wildman–Crippen MR) is 88.4 cm³/mol. The molecule has 1 aliphatic heterocycles. The van der Waals surface area contributed by atoms with Crippen molar-refractivity contribution in [2.75, 3.05) is 19.4 Å². The number of ether oxygens (including phenoxy) is 1. The van der Waals surface area contributed by atoms with E-state index >= 15 is 0 Å². The van der Waals surface area contributed by atoms with Gasteiger partial charge in [-0.2, -0.15) is 11.8 Å². The number of benzene rings is 1. The van der Waals surface area contributed by atoms with Crippen LogP contribution in [0.4, 0.5) is 0 Å². The maximum absolute atomic E-state index is 11.9. The van der Waals surface area contributed by atoms with Gasteiger partial charge in [-0.05, 0) is 17.9 Å². The standard InChI is InChI=1S/C17H25NO2S/c1-13(2)9-16(17(19)20-3)18-10-15(18)12-21-11-14-7-5-4-6-8-14/h4-8,13,15-16H,9-12H2,1-3H3/t15-,16?,18?/m0/s1. The van der Waals surface area contributed by atoms with Crippen molar-refractivity contribution in [1.82, 2.24) is 4.90 Å². The van der Waals surface area contributed by atoms with Crippen LogP contribution in [-0.4, -0.2) is 42.4 Å². The molecule has 3 nitrogen and oxygen atoms in total. The highest BCUT2D eigenvalue weighted by Gasteiger charge is 2.43. The van der Waals surface area contributed by atoms with Gasteiger partial charge in [0.25, 0.3) is 0 Å². The highest BCUT2D eigenvalue weighted by atomic mass is 32.2. The monoisotopic (exact) mass is 307 g/mol. The van der Waals surface area contributed by atoms with E-state index in [1.807, 2.05) is 17.8 Å². The van der Waals surface area contributed by atoms with Crippen molar-refractivity contribution < 1.29 is 9.53 Å². The normalized spacial score (nSPS) is 22.1. The first-order valence-corrected chi connectivity index (χ1v) is 8.72. The molecule has 2 rings (SSSR count). The van der Waals surface area contributed by atoms with E-state index in [0.29, 0.717) is 12.0 Å². The Morgan fingerprint density at radius 3 is 2.71 bits per heavy atom. The maximum atomic E-state index is 11.9. The number of nitrogens with zero attached hydrogens (tertiary/aromatic N) is 1. The van der Waals surface area contributed by atoms with Crippen LogP contribution in [0.1, 0.15) is 25.8 Å². The number of rotatable bonds is 8. The average Bonchev–Trinajstić information content (AvgIpc) is 3.24. The zero-order valence-corrected chi connectivity index (χ0v) is 13.9. The Kier molecular flexibility index (Phi) is 6.12. The molecule has 3 atom stereocenters. The van der Waals surface area contributed by atoms with Crippen molar-refractivity contribution in [3.63, 3.8) is 0 Å². The van der Waals surface area contributed by atoms with E-state index in [-0.39, 0.29) is 12.0 Å². The predicted octanol–water partition coefficient (Wildman–Crippen LogP) is 3.19. The Balaban J connectivity index is 1.75. The minimum atomic E-state index is -0.0840. The first-order valence-electron chi connectivity index (χ1n) is 7.57. The lowest BCUT2D eigenvalue weighted by Gasteiger charge is -2.18. The van der Waals surface area contributed by atoms with Gasteiger partial charge in [-0.15, -0.1) is 0 Å². The lowest BCUT2D eigenvalue weighted by molar-refractivity contribution is -0.145. The second kappa shape index (κ2) is 7.85. The van der Waals surface area contributed by atoms with E-state index in [2.05, 4.69) is 43.0 Å². The molecule has 4 heteroatoms. The van der Waals surface area contributed by atoms with Crippen LogP contribution in [0.5, 0.6) is 0 Å². The molecular weight excluding hydrogens is 282 g/mol. The molecule has 0 aliphatic carbocycles. The second-order valence-electron chi connectivity index (χ2n) is 6.02. The molecule has 0 aromatic heterocycles. The van der Waals surface area contributed by atoms with Gasteiger partial charge in [-0.25, -0.2) is 0 Å². The Morgan fingerprint density at radius 2 is 2.10 bits per heavy atom. The van der Waals surface area contributed by atoms with Gasteiger partial charge in [-0.1, -0.05) is 44.2 Å². The van der Waals surface area contributed by atoms with E-state index in [0.717, 1.165) is 24.5 Å². The van der Waals surface area contributed by atoms with E-state index in [1.165, 1.54) is 12.7 Å². The summed E-state index contributed by atoms with van der Waals surface area (Å²) < 4.78 is 4.95. The van der Waals surface area contributed by atoms with E-state index in [4.69, 9.17) is 4.74 Å². The highest BCUT2D eigenvalue weighted by Crippen LogP contribution is 2.29. The van der Waals surface area contributed by atoms with Gasteiger partial charge in [0.15, 0.2) is 0 Å². The van der Waals surface area contributed by atoms with Gasteiger partial charge in [-0.3, -0.25) is 9.69 Å². The summed E-state index contributed by atoms with van der Waals surface area (Å²) in [5.41, 5.74) is 1.36. The van der Waals surface area contributed by atoms with Crippen molar-refractivity contribution in [3.05, 3.63) is 35.9 Å². The van der Waals surface area contributed by atoms with Crippen LogP contribution in [0.15, 0.2) is 30.3 Å². The van der Waals surface area contributed by atoms with Gasteiger partial charge < -0.3 is 4.74 Å². The SMILES string of the molecule is COC(=O)C(CC(C)C)N1C[C@H]1CSCc1ccccc1. The molecule has 1 aromatic carbocycles. The quantitative estimate of drug-likeness (QED) is 0.545. The second-order valence-corrected chi connectivity index (χ2v) is 7.05. The number of methoxy groups -OCH3 is 1. The number of esters is 1. The molecule has 1 fully saturated rings. The topological polar surface area (TPSA) is 29.3 Å². The third kappa shape index (κ3) is 5.04. The van der Waals surface area contributed by atoms with E-state index in [9.17, 15) is 4.79 Å². The molecule has 116 valence electrons. The van der Waals surface area contributed by atoms with Crippen LogP contribution in [0.3, 0.4) is 0 Å². The molecule has 1 heterocycles. The minimum absolute atomic E-state index is 0.0580. The third-order valence-electron chi connectivity index (χ3n) is 3.75. The smallest absolute Gasteiger partial charge is 0.323 e. The first kappa shape index (κ1) is 16.4. The van der Waals surface area contributed by atoms with E-state index in [1.54, 1.807) is 0 Å². The summed E-state index contributed by atoms with van der Waals surface area (Å²) in [7, 11) is 1.48. The Bertz CT molecular complexity index is 449. The number of thioether (sulfide) groups is 1. The number of hydrogen-bond donors (Lipinski definition) is 0. The summed E-state index contributed by atoms with van der Waals surface area (Å²) >= 11 is 1.94. The molecule has 1 saturated heterocycles. The van der Waals surface area contributed by atoms with Crippen molar-refractivity contribution in [1.29, 1.82) is 0 Å². The van der Waals surface area contributed by atoms with Gasteiger partial charge in [0.1, 0.15) is 6.04 Å². The van der Waals surface area contributed by atoms with Crippen molar-refractivity contribution in [2.24, 2.45) is 5.92 Å².